The molecule has 0 spiro atoms. The van der Waals surface area contributed by atoms with E-state index in [-0.39, 0.29) is 6.04 Å². The zero-order valence-corrected chi connectivity index (χ0v) is 37.2. The Hall–Kier alpha value is -8.86. The van der Waals surface area contributed by atoms with E-state index in [1.165, 1.54) is 60.3 Å². The Balaban J connectivity index is 0.890. The fraction of sp³-hybridized carbons (Fsp3) is 0.0312. The number of hydrogen-bond acceptors (Lipinski definition) is 2. The molecule has 9 aromatic carbocycles. The van der Waals surface area contributed by atoms with Crippen molar-refractivity contribution in [3.63, 3.8) is 0 Å². The second-order valence-corrected chi connectivity index (χ2v) is 17.7. The van der Waals surface area contributed by atoms with E-state index < -0.39 is 0 Å². The van der Waals surface area contributed by atoms with E-state index in [1.54, 1.807) is 0 Å². The lowest BCUT2D eigenvalue weighted by Gasteiger charge is -2.18. The molecule has 13 rings (SSSR count). The summed E-state index contributed by atoms with van der Waals surface area (Å²) in [5.74, 6) is 0.700. The first kappa shape index (κ1) is 39.5. The smallest absolute Gasteiger partial charge is 0.160 e. The Kier molecular flexibility index (Phi) is 9.61. The van der Waals surface area contributed by atoms with Crippen LogP contribution >= 0.6 is 0 Å². The summed E-state index contributed by atoms with van der Waals surface area (Å²) in [5, 5.41) is 5.04. The van der Waals surface area contributed by atoms with Gasteiger partial charge in [0.25, 0.3) is 0 Å². The highest BCUT2D eigenvalue weighted by atomic mass is 15.0. The molecule has 4 nitrogen and oxygen atoms in total. The van der Waals surface area contributed by atoms with E-state index in [0.717, 1.165) is 56.8 Å². The maximum Gasteiger partial charge on any atom is 0.160 e. The molecular formula is C64H44N4. The first-order valence-corrected chi connectivity index (χ1v) is 23.4. The standard InChI is InChI=1S/C64H44N4/c1-4-16-43(17-5-1)44-30-32-46(33-31-44)57-42-58(66-64(65-57)47-18-6-2-7-19-47)50-21-14-20-48(40-50)49-36-39-55-54-24-10-12-27-59(54)68(62(55)41-49)52-37-34-45(35-38-52)53-26-15-29-61-63(53)56-25-11-13-28-60(56)67(61)51-22-8-3-9-23-51/h1-22,24-42,51H,23H2. The summed E-state index contributed by atoms with van der Waals surface area (Å²) in [6, 6.07) is 81.0. The first-order chi connectivity index (χ1) is 33.7. The second kappa shape index (κ2) is 16.5. The number of nitrogens with zero attached hydrogens (tertiary/aromatic N) is 4. The van der Waals surface area contributed by atoms with Gasteiger partial charge in [0.2, 0.25) is 0 Å². The maximum absolute atomic E-state index is 5.19. The van der Waals surface area contributed by atoms with Crippen molar-refractivity contribution < 1.29 is 0 Å². The molecule has 0 saturated heterocycles. The summed E-state index contributed by atoms with van der Waals surface area (Å²) < 4.78 is 4.94. The van der Waals surface area contributed by atoms with Crippen molar-refractivity contribution in [2.45, 2.75) is 12.5 Å². The Morgan fingerprint density at radius 3 is 1.72 bits per heavy atom. The van der Waals surface area contributed by atoms with Crippen molar-refractivity contribution >= 4 is 43.6 Å². The lowest BCUT2D eigenvalue weighted by molar-refractivity contribution is 0.648. The highest BCUT2D eigenvalue weighted by Crippen LogP contribution is 2.41. The van der Waals surface area contributed by atoms with Crippen LogP contribution in [0.15, 0.2) is 249 Å². The van der Waals surface area contributed by atoms with Crippen LogP contribution in [0.4, 0.5) is 0 Å². The highest BCUT2D eigenvalue weighted by molar-refractivity contribution is 6.15. The summed E-state index contributed by atoms with van der Waals surface area (Å²) in [5.41, 5.74) is 17.9. The van der Waals surface area contributed by atoms with Gasteiger partial charge in [-0.05, 0) is 88.3 Å². The zero-order chi connectivity index (χ0) is 45.0. The zero-order valence-electron chi connectivity index (χ0n) is 37.2. The predicted molar refractivity (Wildman–Crippen MR) is 284 cm³/mol. The lowest BCUT2D eigenvalue weighted by Crippen LogP contribution is -2.06. The third kappa shape index (κ3) is 6.85. The minimum atomic E-state index is 0.282. The number of benzene rings is 9. The van der Waals surface area contributed by atoms with Crippen LogP contribution in [0.3, 0.4) is 0 Å². The average Bonchev–Trinajstić information content (AvgIpc) is 3.94. The normalized spacial score (nSPS) is 13.6. The van der Waals surface area contributed by atoms with E-state index in [9.17, 15) is 0 Å². The van der Waals surface area contributed by atoms with Crippen molar-refractivity contribution in [2.24, 2.45) is 0 Å². The average molecular weight is 869 g/mol. The summed E-state index contributed by atoms with van der Waals surface area (Å²) in [6.45, 7) is 0. The molecule has 0 radical (unpaired) electrons. The van der Waals surface area contributed by atoms with Crippen LogP contribution in [0, 0.1) is 0 Å². The molecule has 0 bridgehead atoms. The number of hydrogen-bond donors (Lipinski definition) is 0. The Morgan fingerprint density at radius 2 is 0.941 bits per heavy atom. The van der Waals surface area contributed by atoms with Crippen LogP contribution in [-0.4, -0.2) is 19.1 Å². The predicted octanol–water partition coefficient (Wildman–Crippen LogP) is 16.7. The first-order valence-electron chi connectivity index (χ1n) is 23.4. The van der Waals surface area contributed by atoms with E-state index in [4.69, 9.17) is 9.97 Å². The number of fused-ring (bicyclic) bond motifs is 6. The lowest BCUT2D eigenvalue weighted by atomic mass is 9.98. The van der Waals surface area contributed by atoms with Crippen LogP contribution in [-0.2, 0) is 0 Å². The van der Waals surface area contributed by atoms with Crippen molar-refractivity contribution in [1.29, 1.82) is 0 Å². The third-order valence-corrected chi connectivity index (χ3v) is 13.7. The van der Waals surface area contributed by atoms with Gasteiger partial charge >= 0.3 is 0 Å². The Morgan fingerprint density at radius 1 is 0.368 bits per heavy atom. The second-order valence-electron chi connectivity index (χ2n) is 17.7. The maximum atomic E-state index is 5.19. The summed E-state index contributed by atoms with van der Waals surface area (Å²) in [6.07, 6.45) is 9.91. The van der Waals surface area contributed by atoms with Crippen LogP contribution in [0.1, 0.15) is 12.5 Å². The van der Waals surface area contributed by atoms with Gasteiger partial charge in [-0.25, -0.2) is 9.97 Å². The minimum Gasteiger partial charge on any atom is -0.333 e. The van der Waals surface area contributed by atoms with Crippen molar-refractivity contribution in [1.82, 2.24) is 19.1 Å². The molecule has 3 heterocycles. The fourth-order valence-corrected chi connectivity index (χ4v) is 10.4. The molecule has 12 aromatic rings. The van der Waals surface area contributed by atoms with E-state index >= 15 is 0 Å². The SMILES string of the molecule is C1=CCC(n2c3ccccc3c3c(-c4ccc(-n5c6ccccc6c6ccc(-c7cccc(-c8cc(-c9ccc(-c%10ccccc%10)cc9)nc(-c9ccccc9)n8)c7)cc65)cc4)cccc32)C=C1. The monoisotopic (exact) mass is 868 g/mol. The summed E-state index contributed by atoms with van der Waals surface area (Å²) >= 11 is 0. The number of rotatable bonds is 8. The number of aromatic nitrogens is 4. The molecule has 0 fully saturated rings. The van der Waals surface area contributed by atoms with Crippen molar-refractivity contribution in [3.8, 4) is 73.0 Å². The van der Waals surface area contributed by atoms with Gasteiger partial charge in [0.15, 0.2) is 5.82 Å². The van der Waals surface area contributed by atoms with Crippen LogP contribution in [0.25, 0.3) is 117 Å². The molecule has 0 aliphatic heterocycles. The van der Waals surface area contributed by atoms with Crippen LogP contribution < -0.4 is 0 Å². The molecule has 1 aliphatic carbocycles. The molecule has 68 heavy (non-hydrogen) atoms. The summed E-state index contributed by atoms with van der Waals surface area (Å²) in [4.78, 5) is 10.3. The van der Waals surface area contributed by atoms with E-state index in [1.807, 2.05) is 24.3 Å². The molecule has 1 unspecified atom stereocenters. The quantitative estimate of drug-likeness (QED) is 0.153. The van der Waals surface area contributed by atoms with Crippen molar-refractivity contribution in [3.05, 3.63) is 249 Å². The molecule has 0 amide bonds. The van der Waals surface area contributed by atoms with Gasteiger partial charge in [-0.15, -0.1) is 0 Å². The molecule has 3 aromatic heterocycles. The van der Waals surface area contributed by atoms with Crippen molar-refractivity contribution in [2.75, 3.05) is 0 Å². The minimum absolute atomic E-state index is 0.282. The summed E-state index contributed by atoms with van der Waals surface area (Å²) in [7, 11) is 0. The Labute approximate surface area is 395 Å². The molecule has 320 valence electrons. The van der Waals surface area contributed by atoms with Gasteiger partial charge in [-0.3, -0.25) is 0 Å². The van der Waals surface area contributed by atoms with Gasteiger partial charge in [0.1, 0.15) is 0 Å². The molecule has 1 atom stereocenters. The van der Waals surface area contributed by atoms with Gasteiger partial charge in [-0.1, -0.05) is 200 Å². The van der Waals surface area contributed by atoms with Crippen LogP contribution in [0.2, 0.25) is 0 Å². The van der Waals surface area contributed by atoms with Crippen LogP contribution in [0.5, 0.6) is 0 Å². The Bertz CT molecular complexity index is 3910. The van der Waals surface area contributed by atoms with Gasteiger partial charge < -0.3 is 9.13 Å². The van der Waals surface area contributed by atoms with Gasteiger partial charge in [0.05, 0.1) is 34.0 Å². The highest BCUT2D eigenvalue weighted by Gasteiger charge is 2.20. The third-order valence-electron chi connectivity index (χ3n) is 13.7. The van der Waals surface area contributed by atoms with E-state index in [0.29, 0.717) is 5.82 Å². The topological polar surface area (TPSA) is 35.6 Å². The molecule has 0 N–H and O–H groups in total. The molecular weight excluding hydrogens is 825 g/mol. The molecule has 4 heteroatoms. The molecule has 1 aliphatic rings. The molecule has 0 saturated carbocycles. The largest absolute Gasteiger partial charge is 0.333 e. The fourth-order valence-electron chi connectivity index (χ4n) is 10.4. The number of para-hydroxylation sites is 2. The number of allylic oxidation sites excluding steroid dienone is 4. The van der Waals surface area contributed by atoms with Gasteiger partial charge in [0, 0.05) is 49.4 Å². The van der Waals surface area contributed by atoms with E-state index in [2.05, 4.69) is 234 Å². The van der Waals surface area contributed by atoms with Gasteiger partial charge in [-0.2, -0.15) is 0 Å².